The van der Waals surface area contributed by atoms with Crippen molar-refractivity contribution in [1.29, 1.82) is 0 Å². The molecule has 1 unspecified atom stereocenters. The number of rotatable bonds is 4. The third-order valence-electron chi connectivity index (χ3n) is 5.59. The predicted octanol–water partition coefficient (Wildman–Crippen LogP) is 2.55. The van der Waals surface area contributed by atoms with Crippen LogP contribution >= 0.6 is 0 Å². The number of fused-ring (bicyclic) bond motifs is 1. The van der Waals surface area contributed by atoms with Crippen molar-refractivity contribution in [1.82, 2.24) is 4.40 Å². The lowest BCUT2D eigenvalue weighted by atomic mass is 9.90. The number of aromatic nitrogens is 1. The zero-order valence-corrected chi connectivity index (χ0v) is 15.3. The fraction of sp³-hybridized carbons (Fsp3) is 0.500. The lowest BCUT2D eigenvalue weighted by Crippen LogP contribution is -2.40. The molecule has 0 saturated carbocycles. The molecule has 1 atom stereocenters. The van der Waals surface area contributed by atoms with E-state index in [4.69, 9.17) is 5.73 Å². The molecule has 1 fully saturated rings. The van der Waals surface area contributed by atoms with Gasteiger partial charge in [0.2, 0.25) is 0 Å². The molecule has 3 rings (SSSR count). The van der Waals surface area contributed by atoms with Crippen molar-refractivity contribution >= 4 is 17.5 Å². The third-order valence-corrected chi connectivity index (χ3v) is 5.59. The fourth-order valence-electron chi connectivity index (χ4n) is 4.03. The van der Waals surface area contributed by atoms with Gasteiger partial charge in [-0.1, -0.05) is 6.92 Å². The summed E-state index contributed by atoms with van der Waals surface area (Å²) in [6, 6.07) is 3.99. The minimum atomic E-state index is -0.243. The highest BCUT2D eigenvalue weighted by Gasteiger charge is 2.24. The van der Waals surface area contributed by atoms with Crippen LogP contribution in [-0.2, 0) is 6.42 Å². The average Bonchev–Trinajstić information content (AvgIpc) is 2.62. The van der Waals surface area contributed by atoms with Gasteiger partial charge < -0.3 is 10.6 Å². The minimum Gasteiger partial charge on any atom is -0.371 e. The van der Waals surface area contributed by atoms with Gasteiger partial charge in [-0.2, -0.15) is 0 Å². The van der Waals surface area contributed by atoms with Gasteiger partial charge in [0.25, 0.3) is 5.56 Å². The van der Waals surface area contributed by atoms with E-state index in [1.54, 1.807) is 10.5 Å². The van der Waals surface area contributed by atoms with Crippen LogP contribution in [0.1, 0.15) is 48.2 Å². The van der Waals surface area contributed by atoms with Crippen LogP contribution in [0.4, 0.5) is 5.69 Å². The second kappa shape index (κ2) is 7.00. The van der Waals surface area contributed by atoms with Gasteiger partial charge in [0.1, 0.15) is 0 Å². The number of hydrogen-bond donors (Lipinski definition) is 1. The molecule has 0 aromatic carbocycles. The first-order chi connectivity index (χ1) is 12.0. The normalized spacial score (nSPS) is 17.0. The standard InChI is InChI=1S/C20H27N3O2/c1-4-15-11-17(12-24)20(25)23-10-7-18(13(2)19(15)23)22-8-5-16(6-9-22)14(3)21/h7,10-12,14,16H,4-6,8-9,21H2,1-3H3. The molecular weight excluding hydrogens is 314 g/mol. The smallest absolute Gasteiger partial charge is 0.265 e. The molecule has 0 aliphatic carbocycles. The molecule has 1 aliphatic rings. The zero-order valence-electron chi connectivity index (χ0n) is 15.3. The molecular formula is C20H27N3O2. The van der Waals surface area contributed by atoms with E-state index in [0.29, 0.717) is 12.2 Å². The highest BCUT2D eigenvalue weighted by Crippen LogP contribution is 2.30. The van der Waals surface area contributed by atoms with Gasteiger partial charge in [-0.05, 0) is 62.3 Å². The van der Waals surface area contributed by atoms with E-state index in [9.17, 15) is 9.59 Å². The van der Waals surface area contributed by atoms with Gasteiger partial charge in [-0.25, -0.2) is 0 Å². The first-order valence-corrected chi connectivity index (χ1v) is 9.11. The van der Waals surface area contributed by atoms with Gasteiger partial charge in [0, 0.05) is 31.0 Å². The van der Waals surface area contributed by atoms with Gasteiger partial charge in [0.15, 0.2) is 6.29 Å². The van der Waals surface area contributed by atoms with Crippen LogP contribution in [0, 0.1) is 12.8 Å². The highest BCUT2D eigenvalue weighted by molar-refractivity contribution is 5.79. The summed E-state index contributed by atoms with van der Waals surface area (Å²) in [5.74, 6) is 0.584. The van der Waals surface area contributed by atoms with Crippen molar-refractivity contribution in [2.75, 3.05) is 18.0 Å². The molecule has 0 spiro atoms. The van der Waals surface area contributed by atoms with Crippen molar-refractivity contribution in [3.63, 3.8) is 0 Å². The minimum absolute atomic E-state index is 0.222. The summed E-state index contributed by atoms with van der Waals surface area (Å²) in [7, 11) is 0. The summed E-state index contributed by atoms with van der Waals surface area (Å²) in [4.78, 5) is 26.1. The van der Waals surface area contributed by atoms with E-state index in [1.165, 1.54) is 5.69 Å². The summed E-state index contributed by atoms with van der Waals surface area (Å²) in [6.07, 6.45) is 5.43. The van der Waals surface area contributed by atoms with Crippen molar-refractivity contribution in [3.8, 4) is 0 Å². The molecule has 0 radical (unpaired) electrons. The second-order valence-corrected chi connectivity index (χ2v) is 7.13. The lowest BCUT2D eigenvalue weighted by Gasteiger charge is -2.36. The zero-order chi connectivity index (χ0) is 18.1. The quantitative estimate of drug-likeness (QED) is 0.868. The number of carbonyl (C=O) groups excluding carboxylic acids is 1. The first-order valence-electron chi connectivity index (χ1n) is 9.11. The number of pyridine rings is 2. The van der Waals surface area contributed by atoms with Crippen molar-refractivity contribution in [2.24, 2.45) is 11.7 Å². The molecule has 5 heteroatoms. The summed E-state index contributed by atoms with van der Waals surface area (Å²) < 4.78 is 1.62. The molecule has 5 nitrogen and oxygen atoms in total. The molecule has 3 heterocycles. The molecule has 0 bridgehead atoms. The Morgan fingerprint density at radius 1 is 1.36 bits per heavy atom. The van der Waals surface area contributed by atoms with Crippen LogP contribution in [0.3, 0.4) is 0 Å². The van der Waals surface area contributed by atoms with Crippen LogP contribution in [-0.4, -0.2) is 29.8 Å². The maximum atomic E-state index is 12.5. The molecule has 1 aliphatic heterocycles. The number of aryl methyl sites for hydroxylation is 2. The average molecular weight is 341 g/mol. The van der Waals surface area contributed by atoms with Gasteiger partial charge >= 0.3 is 0 Å². The van der Waals surface area contributed by atoms with Crippen LogP contribution in [0.5, 0.6) is 0 Å². The first kappa shape index (κ1) is 17.7. The Morgan fingerprint density at radius 2 is 2.04 bits per heavy atom. The van der Waals surface area contributed by atoms with Gasteiger partial charge in [-0.3, -0.25) is 14.0 Å². The van der Waals surface area contributed by atoms with E-state index >= 15 is 0 Å². The van der Waals surface area contributed by atoms with E-state index in [2.05, 4.69) is 25.7 Å². The lowest BCUT2D eigenvalue weighted by molar-refractivity contribution is 0.112. The summed E-state index contributed by atoms with van der Waals surface area (Å²) in [5.41, 5.74) is 10.3. The molecule has 2 N–H and O–H groups in total. The Hall–Kier alpha value is -2.14. The van der Waals surface area contributed by atoms with E-state index in [1.807, 2.05) is 12.3 Å². The Balaban J connectivity index is 2.06. The Bertz CT molecular complexity index is 846. The SMILES string of the molecule is CCc1cc(C=O)c(=O)n2ccc(N3CCC(C(C)N)CC3)c(C)c12. The molecule has 134 valence electrons. The molecule has 0 amide bonds. The summed E-state index contributed by atoms with van der Waals surface area (Å²) >= 11 is 0. The van der Waals surface area contributed by atoms with E-state index in [-0.39, 0.29) is 17.2 Å². The Labute approximate surface area is 148 Å². The molecule has 2 aromatic rings. The number of anilines is 1. The molecule has 25 heavy (non-hydrogen) atoms. The fourth-order valence-corrected chi connectivity index (χ4v) is 4.03. The largest absolute Gasteiger partial charge is 0.371 e. The number of piperidine rings is 1. The van der Waals surface area contributed by atoms with Crippen LogP contribution in [0.2, 0.25) is 0 Å². The summed E-state index contributed by atoms with van der Waals surface area (Å²) in [5, 5.41) is 0. The van der Waals surface area contributed by atoms with Gasteiger partial charge in [0.05, 0.1) is 11.1 Å². The van der Waals surface area contributed by atoms with Crippen LogP contribution in [0.25, 0.3) is 5.52 Å². The monoisotopic (exact) mass is 341 g/mol. The second-order valence-electron chi connectivity index (χ2n) is 7.13. The highest BCUT2D eigenvalue weighted by atomic mass is 16.1. The maximum absolute atomic E-state index is 12.5. The number of carbonyl (C=O) groups is 1. The topological polar surface area (TPSA) is 67.8 Å². The van der Waals surface area contributed by atoms with Gasteiger partial charge in [-0.15, -0.1) is 0 Å². The maximum Gasteiger partial charge on any atom is 0.265 e. The summed E-state index contributed by atoms with van der Waals surface area (Å²) in [6.45, 7) is 8.19. The van der Waals surface area contributed by atoms with E-state index in [0.717, 1.165) is 49.0 Å². The molecule has 1 saturated heterocycles. The van der Waals surface area contributed by atoms with Crippen molar-refractivity contribution in [2.45, 2.75) is 46.1 Å². The number of aldehydes is 1. The number of nitrogens with zero attached hydrogens (tertiary/aromatic N) is 2. The molecule has 2 aromatic heterocycles. The van der Waals surface area contributed by atoms with Crippen molar-refractivity contribution in [3.05, 3.63) is 45.4 Å². The predicted molar refractivity (Wildman–Crippen MR) is 102 cm³/mol. The third kappa shape index (κ3) is 3.09. The Morgan fingerprint density at radius 3 is 2.60 bits per heavy atom. The number of hydrogen-bond acceptors (Lipinski definition) is 4. The van der Waals surface area contributed by atoms with Crippen molar-refractivity contribution < 1.29 is 4.79 Å². The number of nitrogens with two attached hydrogens (primary N) is 1. The van der Waals surface area contributed by atoms with E-state index < -0.39 is 0 Å². The van der Waals surface area contributed by atoms with Crippen LogP contribution in [0.15, 0.2) is 23.1 Å². The van der Waals surface area contributed by atoms with Crippen LogP contribution < -0.4 is 16.2 Å². The Kier molecular flexibility index (Phi) is 4.95.